The molecular weight excluding hydrogens is 268 g/mol. The summed E-state index contributed by atoms with van der Waals surface area (Å²) >= 11 is 0. The molecule has 0 bridgehead atoms. The molecule has 0 spiro atoms. The summed E-state index contributed by atoms with van der Waals surface area (Å²) in [5.41, 5.74) is -0.0232. The Morgan fingerprint density at radius 3 is 2.24 bits per heavy atom. The fraction of sp³-hybridized carbons (Fsp3) is 0.875. The van der Waals surface area contributed by atoms with Gasteiger partial charge in [0.15, 0.2) is 0 Å². The first kappa shape index (κ1) is 19.7. The molecule has 0 saturated heterocycles. The Labute approximate surface area is 128 Å². The van der Waals surface area contributed by atoms with Crippen LogP contribution in [-0.2, 0) is 4.79 Å². The molecule has 0 radical (unpaired) electrons. The molecule has 1 unspecified atom stereocenters. The van der Waals surface area contributed by atoms with Crippen molar-refractivity contribution < 1.29 is 14.7 Å². The van der Waals surface area contributed by atoms with Crippen LogP contribution in [0.2, 0.25) is 0 Å². The van der Waals surface area contributed by atoms with Gasteiger partial charge in [0.25, 0.3) is 0 Å². The minimum absolute atomic E-state index is 0.0232. The molecule has 0 aliphatic heterocycles. The molecule has 0 rings (SSSR count). The van der Waals surface area contributed by atoms with E-state index in [0.29, 0.717) is 18.9 Å². The van der Waals surface area contributed by atoms with Crippen LogP contribution in [0.1, 0.15) is 66.7 Å². The number of aliphatic carboxylic acids is 1. The average molecular weight is 300 g/mol. The van der Waals surface area contributed by atoms with Crippen molar-refractivity contribution >= 4 is 12.0 Å². The number of carbonyl (C=O) groups excluding carboxylic acids is 1. The second-order valence-corrected chi connectivity index (χ2v) is 7.35. The van der Waals surface area contributed by atoms with Crippen molar-refractivity contribution in [1.82, 2.24) is 10.6 Å². The molecule has 0 aromatic heterocycles. The topological polar surface area (TPSA) is 78.4 Å². The predicted molar refractivity (Wildman–Crippen MR) is 85.3 cm³/mol. The van der Waals surface area contributed by atoms with E-state index in [9.17, 15) is 9.59 Å². The highest BCUT2D eigenvalue weighted by Gasteiger charge is 2.22. The highest BCUT2D eigenvalue weighted by molar-refractivity contribution is 5.75. The van der Waals surface area contributed by atoms with Gasteiger partial charge in [-0.1, -0.05) is 47.5 Å². The van der Waals surface area contributed by atoms with Crippen LogP contribution >= 0.6 is 0 Å². The van der Waals surface area contributed by atoms with Crippen molar-refractivity contribution in [3.8, 4) is 0 Å². The smallest absolute Gasteiger partial charge is 0.315 e. The molecule has 0 aromatic rings. The average Bonchev–Trinajstić information content (AvgIpc) is 2.24. The minimum atomic E-state index is -0.888. The zero-order valence-electron chi connectivity index (χ0n) is 14.2. The van der Waals surface area contributed by atoms with Gasteiger partial charge < -0.3 is 15.7 Å². The molecule has 0 aromatic carbocycles. The summed E-state index contributed by atoms with van der Waals surface area (Å²) in [4.78, 5) is 22.7. The van der Waals surface area contributed by atoms with E-state index in [1.165, 1.54) is 0 Å². The molecule has 0 heterocycles. The summed E-state index contributed by atoms with van der Waals surface area (Å²) in [6, 6.07) is -0.604. The number of amides is 2. The number of rotatable bonds is 9. The summed E-state index contributed by atoms with van der Waals surface area (Å²) in [6.07, 6.45) is 3.81. The molecule has 1 atom stereocenters. The Kier molecular flexibility index (Phi) is 9.06. The van der Waals surface area contributed by atoms with E-state index in [-0.39, 0.29) is 23.9 Å². The molecule has 3 N–H and O–H groups in total. The Hall–Kier alpha value is -1.26. The summed E-state index contributed by atoms with van der Waals surface area (Å²) in [5, 5.41) is 14.5. The molecule has 0 saturated carbocycles. The van der Waals surface area contributed by atoms with E-state index in [1.807, 2.05) is 20.8 Å². The van der Waals surface area contributed by atoms with E-state index >= 15 is 0 Å². The SMILES string of the molecule is CC(C)CCCCNC(=O)NC(CC(=O)O)CC(C)(C)C. The Morgan fingerprint density at radius 2 is 1.76 bits per heavy atom. The van der Waals surface area contributed by atoms with Crippen LogP contribution in [-0.4, -0.2) is 29.7 Å². The Bertz CT molecular complexity index is 322. The first-order valence-corrected chi connectivity index (χ1v) is 7.86. The molecule has 0 aliphatic rings. The fourth-order valence-corrected chi connectivity index (χ4v) is 2.24. The number of hydrogen-bond acceptors (Lipinski definition) is 2. The van der Waals surface area contributed by atoms with E-state index in [2.05, 4.69) is 24.5 Å². The molecule has 21 heavy (non-hydrogen) atoms. The van der Waals surface area contributed by atoms with Gasteiger partial charge in [0.1, 0.15) is 0 Å². The van der Waals surface area contributed by atoms with Crippen LogP contribution < -0.4 is 10.6 Å². The first-order chi connectivity index (χ1) is 9.60. The van der Waals surface area contributed by atoms with Gasteiger partial charge in [0, 0.05) is 12.6 Å². The quantitative estimate of drug-likeness (QED) is 0.571. The lowest BCUT2D eigenvalue weighted by Gasteiger charge is -2.25. The summed E-state index contributed by atoms with van der Waals surface area (Å²) < 4.78 is 0. The molecule has 0 aliphatic carbocycles. The Balaban J connectivity index is 4.07. The van der Waals surface area contributed by atoms with E-state index in [4.69, 9.17) is 5.11 Å². The van der Waals surface area contributed by atoms with Crippen LogP contribution in [0.5, 0.6) is 0 Å². The van der Waals surface area contributed by atoms with Crippen LogP contribution in [0.4, 0.5) is 4.79 Å². The van der Waals surface area contributed by atoms with Gasteiger partial charge in [-0.05, 0) is 24.2 Å². The van der Waals surface area contributed by atoms with Crippen LogP contribution in [0, 0.1) is 11.3 Å². The highest BCUT2D eigenvalue weighted by Crippen LogP contribution is 2.22. The van der Waals surface area contributed by atoms with Crippen molar-refractivity contribution in [2.24, 2.45) is 11.3 Å². The number of nitrogens with one attached hydrogen (secondary N) is 2. The third-order valence-electron chi connectivity index (χ3n) is 3.11. The zero-order chi connectivity index (χ0) is 16.5. The molecule has 124 valence electrons. The van der Waals surface area contributed by atoms with Crippen LogP contribution in [0.3, 0.4) is 0 Å². The van der Waals surface area contributed by atoms with Crippen molar-refractivity contribution in [3.05, 3.63) is 0 Å². The van der Waals surface area contributed by atoms with E-state index in [0.717, 1.165) is 19.3 Å². The number of hydrogen-bond donors (Lipinski definition) is 3. The largest absolute Gasteiger partial charge is 0.481 e. The van der Waals surface area contributed by atoms with Crippen molar-refractivity contribution in [2.45, 2.75) is 72.8 Å². The second kappa shape index (κ2) is 9.64. The predicted octanol–water partition coefficient (Wildman–Crippen LogP) is 3.39. The lowest BCUT2D eigenvalue weighted by molar-refractivity contribution is -0.137. The number of carbonyl (C=O) groups is 2. The summed E-state index contributed by atoms with van der Waals surface area (Å²) in [7, 11) is 0. The number of urea groups is 1. The maximum atomic E-state index is 11.8. The van der Waals surface area contributed by atoms with Gasteiger partial charge >= 0.3 is 12.0 Å². The zero-order valence-corrected chi connectivity index (χ0v) is 14.2. The van der Waals surface area contributed by atoms with Gasteiger partial charge in [-0.15, -0.1) is 0 Å². The van der Waals surface area contributed by atoms with Gasteiger partial charge in [0.05, 0.1) is 6.42 Å². The maximum absolute atomic E-state index is 11.8. The minimum Gasteiger partial charge on any atom is -0.481 e. The van der Waals surface area contributed by atoms with Crippen LogP contribution in [0.25, 0.3) is 0 Å². The normalized spacial score (nSPS) is 13.0. The van der Waals surface area contributed by atoms with E-state index in [1.54, 1.807) is 0 Å². The van der Waals surface area contributed by atoms with Gasteiger partial charge in [-0.2, -0.15) is 0 Å². The lowest BCUT2D eigenvalue weighted by atomic mass is 9.87. The third kappa shape index (κ3) is 13.5. The summed E-state index contributed by atoms with van der Waals surface area (Å²) in [6.45, 7) is 11.1. The van der Waals surface area contributed by atoms with E-state index < -0.39 is 5.97 Å². The Morgan fingerprint density at radius 1 is 1.14 bits per heavy atom. The van der Waals surface area contributed by atoms with Gasteiger partial charge in [-0.25, -0.2) is 4.79 Å². The monoisotopic (exact) mass is 300 g/mol. The van der Waals surface area contributed by atoms with Crippen molar-refractivity contribution in [2.75, 3.05) is 6.54 Å². The number of carboxylic acids is 1. The van der Waals surface area contributed by atoms with Crippen molar-refractivity contribution in [1.29, 1.82) is 0 Å². The maximum Gasteiger partial charge on any atom is 0.315 e. The number of unbranched alkanes of at least 4 members (excludes halogenated alkanes) is 1. The molecule has 5 nitrogen and oxygen atoms in total. The molecule has 0 fully saturated rings. The molecule has 5 heteroatoms. The summed E-state index contributed by atoms with van der Waals surface area (Å²) in [5.74, 6) is -0.202. The van der Waals surface area contributed by atoms with Crippen LogP contribution in [0.15, 0.2) is 0 Å². The third-order valence-corrected chi connectivity index (χ3v) is 3.11. The van der Waals surface area contributed by atoms with Gasteiger partial charge in [-0.3, -0.25) is 4.79 Å². The van der Waals surface area contributed by atoms with Crippen molar-refractivity contribution in [3.63, 3.8) is 0 Å². The standard InChI is InChI=1S/C16H32N2O3/c1-12(2)8-6-7-9-17-15(21)18-13(10-14(19)20)11-16(3,4)5/h12-13H,6-11H2,1-5H3,(H,19,20)(H2,17,18,21). The molecule has 2 amide bonds. The number of carboxylic acid groups (broad SMARTS) is 1. The first-order valence-electron chi connectivity index (χ1n) is 7.86. The fourth-order valence-electron chi connectivity index (χ4n) is 2.24. The molecular formula is C16H32N2O3. The van der Waals surface area contributed by atoms with Gasteiger partial charge in [0.2, 0.25) is 0 Å². The second-order valence-electron chi connectivity index (χ2n) is 7.35. The highest BCUT2D eigenvalue weighted by atomic mass is 16.4. The lowest BCUT2D eigenvalue weighted by Crippen LogP contribution is -2.44.